The molecular formula is C16H20N6O. The van der Waals surface area contributed by atoms with Gasteiger partial charge in [0.1, 0.15) is 16.6 Å². The van der Waals surface area contributed by atoms with Crippen LogP contribution in [0.1, 0.15) is 20.3 Å². The maximum Gasteiger partial charge on any atom is 0.206 e. The third-order valence-electron chi connectivity index (χ3n) is 4.25. The van der Waals surface area contributed by atoms with Gasteiger partial charge in [-0.2, -0.15) is 0 Å². The van der Waals surface area contributed by atoms with Crippen molar-refractivity contribution in [3.63, 3.8) is 0 Å². The quantitative estimate of drug-likeness (QED) is 0.745. The van der Waals surface area contributed by atoms with Crippen LogP contribution in [0.15, 0.2) is 18.3 Å². The molecule has 0 aliphatic carbocycles. The van der Waals surface area contributed by atoms with Gasteiger partial charge in [0.25, 0.3) is 0 Å². The average molecular weight is 312 g/mol. The lowest BCUT2D eigenvalue weighted by Crippen LogP contribution is -2.49. The van der Waals surface area contributed by atoms with Gasteiger partial charge in [-0.05, 0) is 25.5 Å². The molecule has 1 aliphatic rings. The van der Waals surface area contributed by atoms with Crippen LogP contribution in [-0.2, 0) is 6.54 Å². The van der Waals surface area contributed by atoms with Gasteiger partial charge in [0.15, 0.2) is 5.82 Å². The van der Waals surface area contributed by atoms with Crippen molar-refractivity contribution in [1.29, 1.82) is 0 Å². The van der Waals surface area contributed by atoms with Crippen molar-refractivity contribution in [2.75, 3.05) is 23.7 Å². The number of anilines is 2. The third kappa shape index (κ3) is 2.11. The fraction of sp³-hybridized carbons (Fsp3) is 0.438. The van der Waals surface area contributed by atoms with Crippen LogP contribution in [0.4, 0.5) is 11.8 Å². The summed E-state index contributed by atoms with van der Waals surface area (Å²) in [6.45, 7) is 5.82. The zero-order valence-electron chi connectivity index (χ0n) is 13.3. The van der Waals surface area contributed by atoms with Crippen molar-refractivity contribution in [3.8, 4) is 0 Å². The zero-order valence-corrected chi connectivity index (χ0v) is 13.3. The molecule has 0 saturated heterocycles. The molecule has 0 bridgehead atoms. The van der Waals surface area contributed by atoms with E-state index in [1.807, 2.05) is 23.6 Å². The molecule has 120 valence electrons. The van der Waals surface area contributed by atoms with Gasteiger partial charge in [0.05, 0.1) is 24.2 Å². The van der Waals surface area contributed by atoms with Gasteiger partial charge in [-0.15, -0.1) is 0 Å². The molecule has 0 spiro atoms. The van der Waals surface area contributed by atoms with Crippen molar-refractivity contribution in [2.45, 2.75) is 32.4 Å². The summed E-state index contributed by atoms with van der Waals surface area (Å²) in [4.78, 5) is 15.7. The van der Waals surface area contributed by atoms with Crippen LogP contribution in [0.5, 0.6) is 0 Å². The first kappa shape index (κ1) is 14.2. The average Bonchev–Trinajstić information content (AvgIpc) is 2.87. The van der Waals surface area contributed by atoms with Crippen LogP contribution in [0.3, 0.4) is 0 Å². The predicted octanol–water partition coefficient (Wildman–Crippen LogP) is 1.54. The molecule has 0 amide bonds. The van der Waals surface area contributed by atoms with Gasteiger partial charge in [0.2, 0.25) is 5.95 Å². The number of aromatic nitrogens is 4. The number of aliphatic hydroxyl groups is 1. The minimum Gasteiger partial charge on any atom is -0.386 e. The van der Waals surface area contributed by atoms with E-state index in [1.165, 1.54) is 0 Å². The molecule has 3 aromatic heterocycles. The second kappa shape index (κ2) is 4.79. The van der Waals surface area contributed by atoms with E-state index >= 15 is 0 Å². The highest BCUT2D eigenvalue weighted by atomic mass is 16.3. The smallest absolute Gasteiger partial charge is 0.206 e. The highest BCUT2D eigenvalue weighted by molar-refractivity contribution is 6.05. The fourth-order valence-electron chi connectivity index (χ4n) is 3.42. The number of hydrogen-bond donors (Lipinski definition) is 2. The van der Waals surface area contributed by atoms with E-state index in [0.29, 0.717) is 24.4 Å². The molecule has 7 nitrogen and oxygen atoms in total. The van der Waals surface area contributed by atoms with Gasteiger partial charge in [-0.1, -0.05) is 6.92 Å². The van der Waals surface area contributed by atoms with E-state index in [4.69, 9.17) is 10.7 Å². The molecule has 4 heterocycles. The number of hydrogen-bond acceptors (Lipinski definition) is 6. The monoisotopic (exact) mass is 312 g/mol. The Labute approximate surface area is 133 Å². The summed E-state index contributed by atoms with van der Waals surface area (Å²) >= 11 is 0. The Balaban J connectivity index is 2.08. The number of fused-ring (bicyclic) bond motifs is 5. The summed E-state index contributed by atoms with van der Waals surface area (Å²) in [6.07, 6.45) is 2.72. The van der Waals surface area contributed by atoms with Gasteiger partial charge < -0.3 is 20.3 Å². The minimum atomic E-state index is -0.824. The summed E-state index contributed by atoms with van der Waals surface area (Å²) in [5, 5.41) is 10.7. The molecule has 0 radical (unpaired) electrons. The number of β-amino-alcohol motifs (C(OH)–C–C–N with tert-alkyl or cyclic N) is 1. The second-order valence-corrected chi connectivity index (χ2v) is 6.48. The number of pyridine rings is 2. The van der Waals surface area contributed by atoms with Crippen LogP contribution >= 0.6 is 0 Å². The maximum absolute atomic E-state index is 10.7. The molecule has 0 saturated carbocycles. The number of rotatable bonds is 2. The predicted molar refractivity (Wildman–Crippen MR) is 90.4 cm³/mol. The zero-order chi connectivity index (χ0) is 16.2. The Bertz CT molecular complexity index is 900. The standard InChI is InChI=1S/C16H20N6O/c1-3-7-21-8-16(2,23)9-22-13-11-10(5-4-6-18-11)19-14(17)12(13)20-15(21)22/h4-6,23H,3,7-9H2,1-2H3,(H2,17,19). The molecule has 0 fully saturated rings. The van der Waals surface area contributed by atoms with Crippen LogP contribution in [-0.4, -0.2) is 43.3 Å². The first-order valence-corrected chi connectivity index (χ1v) is 7.88. The molecule has 1 atom stereocenters. The Morgan fingerprint density at radius 3 is 2.91 bits per heavy atom. The largest absolute Gasteiger partial charge is 0.386 e. The van der Waals surface area contributed by atoms with Crippen molar-refractivity contribution >= 4 is 33.8 Å². The van der Waals surface area contributed by atoms with E-state index in [0.717, 1.165) is 35.5 Å². The lowest BCUT2D eigenvalue weighted by molar-refractivity contribution is 0.0417. The summed E-state index contributed by atoms with van der Waals surface area (Å²) in [6, 6.07) is 3.73. The molecule has 0 aromatic carbocycles. The van der Waals surface area contributed by atoms with Crippen molar-refractivity contribution in [3.05, 3.63) is 18.3 Å². The highest BCUT2D eigenvalue weighted by Crippen LogP contribution is 2.35. The van der Waals surface area contributed by atoms with Crippen LogP contribution in [0.25, 0.3) is 22.1 Å². The summed E-state index contributed by atoms with van der Waals surface area (Å²) < 4.78 is 2.03. The Morgan fingerprint density at radius 2 is 2.13 bits per heavy atom. The second-order valence-electron chi connectivity index (χ2n) is 6.48. The summed E-state index contributed by atoms with van der Waals surface area (Å²) in [5.74, 6) is 1.23. The van der Waals surface area contributed by atoms with E-state index in [9.17, 15) is 5.11 Å². The van der Waals surface area contributed by atoms with Gasteiger partial charge >= 0.3 is 0 Å². The van der Waals surface area contributed by atoms with Gasteiger partial charge in [-0.3, -0.25) is 4.98 Å². The molecule has 1 aliphatic heterocycles. The first-order valence-electron chi connectivity index (χ1n) is 7.88. The Hall–Kier alpha value is -2.41. The normalized spacial score (nSPS) is 21.1. The first-order chi connectivity index (χ1) is 11.0. The van der Waals surface area contributed by atoms with E-state index < -0.39 is 5.60 Å². The van der Waals surface area contributed by atoms with Gasteiger partial charge in [-0.25, -0.2) is 9.97 Å². The van der Waals surface area contributed by atoms with Crippen LogP contribution in [0, 0.1) is 0 Å². The van der Waals surface area contributed by atoms with E-state index in [1.54, 1.807) is 6.20 Å². The lowest BCUT2D eigenvalue weighted by Gasteiger charge is -2.38. The third-order valence-corrected chi connectivity index (χ3v) is 4.25. The van der Waals surface area contributed by atoms with Crippen molar-refractivity contribution in [1.82, 2.24) is 19.5 Å². The van der Waals surface area contributed by atoms with Crippen molar-refractivity contribution < 1.29 is 5.11 Å². The van der Waals surface area contributed by atoms with Crippen LogP contribution in [0.2, 0.25) is 0 Å². The number of nitrogen functional groups attached to an aromatic ring is 1. The molecule has 7 heteroatoms. The molecular weight excluding hydrogens is 292 g/mol. The topological polar surface area (TPSA) is 93.1 Å². The molecule has 23 heavy (non-hydrogen) atoms. The fourth-order valence-corrected chi connectivity index (χ4v) is 3.42. The Morgan fingerprint density at radius 1 is 1.30 bits per heavy atom. The SMILES string of the molecule is CCCN1CC(C)(O)Cn2c1nc1c(N)nc3cccnc3c12. The Kier molecular flexibility index (Phi) is 2.96. The van der Waals surface area contributed by atoms with Crippen LogP contribution < -0.4 is 10.6 Å². The molecule has 3 aromatic rings. The summed E-state index contributed by atoms with van der Waals surface area (Å²) in [7, 11) is 0. The van der Waals surface area contributed by atoms with E-state index in [-0.39, 0.29) is 0 Å². The number of imidazole rings is 1. The number of nitrogens with two attached hydrogens (primary N) is 1. The number of nitrogens with zero attached hydrogens (tertiary/aromatic N) is 5. The highest BCUT2D eigenvalue weighted by Gasteiger charge is 2.35. The lowest BCUT2D eigenvalue weighted by atomic mass is 10.0. The van der Waals surface area contributed by atoms with Gasteiger partial charge in [0, 0.05) is 12.7 Å². The molecule has 4 rings (SSSR count). The molecule has 3 N–H and O–H groups in total. The van der Waals surface area contributed by atoms with E-state index in [2.05, 4.69) is 21.8 Å². The maximum atomic E-state index is 10.7. The van der Waals surface area contributed by atoms with Crippen molar-refractivity contribution in [2.24, 2.45) is 0 Å². The summed E-state index contributed by atoms with van der Waals surface area (Å²) in [5.41, 5.74) is 8.32. The minimum absolute atomic E-state index is 0.401. The molecule has 1 unspecified atom stereocenters.